The number of carbonyl (C=O) groups excluding carboxylic acids is 1. The summed E-state index contributed by atoms with van der Waals surface area (Å²) in [6.45, 7) is 7.92. The van der Waals surface area contributed by atoms with E-state index in [-0.39, 0.29) is 11.9 Å². The van der Waals surface area contributed by atoms with Crippen molar-refractivity contribution in [3.8, 4) is 5.75 Å². The molecule has 1 amide bonds. The molecule has 25 heavy (non-hydrogen) atoms. The molecule has 0 radical (unpaired) electrons. The van der Waals surface area contributed by atoms with Gasteiger partial charge in [0.2, 0.25) is 0 Å². The molecule has 0 fully saturated rings. The molecule has 0 saturated heterocycles. The molecule has 1 aliphatic rings. The molecule has 0 aromatic heterocycles. The summed E-state index contributed by atoms with van der Waals surface area (Å²) in [5.74, 6) is 0.641. The zero-order valence-electron chi connectivity index (χ0n) is 15.6. The van der Waals surface area contributed by atoms with Crippen LogP contribution in [0.25, 0.3) is 0 Å². The van der Waals surface area contributed by atoms with E-state index < -0.39 is 6.10 Å². The van der Waals surface area contributed by atoms with Crippen LogP contribution in [-0.2, 0) is 17.6 Å². The second-order valence-electron chi connectivity index (χ2n) is 7.12. The van der Waals surface area contributed by atoms with Crippen LogP contribution in [0.2, 0.25) is 0 Å². The van der Waals surface area contributed by atoms with Crippen LogP contribution in [-0.4, -0.2) is 12.0 Å². The molecule has 132 valence electrons. The Labute approximate surface area is 150 Å². The number of amides is 1. The third-order valence-electron chi connectivity index (χ3n) is 5.14. The Kier molecular flexibility index (Phi) is 5.12. The molecule has 2 aromatic carbocycles. The van der Waals surface area contributed by atoms with Gasteiger partial charge < -0.3 is 10.1 Å². The Morgan fingerprint density at radius 3 is 2.52 bits per heavy atom. The summed E-state index contributed by atoms with van der Waals surface area (Å²) in [5.41, 5.74) is 6.42. The van der Waals surface area contributed by atoms with Crippen molar-refractivity contribution in [1.29, 1.82) is 0 Å². The fraction of sp³-hybridized carbons (Fsp3) is 0.409. The van der Waals surface area contributed by atoms with E-state index in [1.807, 2.05) is 32.0 Å². The van der Waals surface area contributed by atoms with Gasteiger partial charge in [-0.1, -0.05) is 24.3 Å². The number of ether oxygens (including phenoxy) is 1. The van der Waals surface area contributed by atoms with Crippen molar-refractivity contribution in [3.63, 3.8) is 0 Å². The number of hydrogen-bond acceptors (Lipinski definition) is 2. The van der Waals surface area contributed by atoms with Crippen molar-refractivity contribution < 1.29 is 9.53 Å². The van der Waals surface area contributed by atoms with Crippen molar-refractivity contribution in [1.82, 2.24) is 5.32 Å². The topological polar surface area (TPSA) is 38.3 Å². The predicted molar refractivity (Wildman–Crippen MR) is 101 cm³/mol. The van der Waals surface area contributed by atoms with Gasteiger partial charge in [0.15, 0.2) is 6.10 Å². The second-order valence-corrected chi connectivity index (χ2v) is 7.12. The summed E-state index contributed by atoms with van der Waals surface area (Å²) < 4.78 is 5.81. The van der Waals surface area contributed by atoms with Crippen molar-refractivity contribution in [2.45, 2.75) is 59.1 Å². The molecule has 3 nitrogen and oxygen atoms in total. The van der Waals surface area contributed by atoms with Gasteiger partial charge in [0.05, 0.1) is 6.04 Å². The zero-order chi connectivity index (χ0) is 18.0. The Morgan fingerprint density at radius 1 is 1.00 bits per heavy atom. The van der Waals surface area contributed by atoms with Crippen molar-refractivity contribution in [2.75, 3.05) is 0 Å². The predicted octanol–water partition coefficient (Wildman–Crippen LogP) is 4.44. The summed E-state index contributed by atoms with van der Waals surface area (Å²) in [5, 5.41) is 3.07. The van der Waals surface area contributed by atoms with E-state index >= 15 is 0 Å². The summed E-state index contributed by atoms with van der Waals surface area (Å²) >= 11 is 0. The standard InChI is InChI=1S/C22H27NO2/c1-14-8-11-21(12-15(14)2)25-17(4)22(24)23-16(3)19-10-9-18-6-5-7-20(18)13-19/h8-13,16-17H,5-7H2,1-4H3,(H,23,24)/t16-,17-/m0/s1. The van der Waals surface area contributed by atoms with Crippen LogP contribution in [0.5, 0.6) is 5.75 Å². The molecule has 1 N–H and O–H groups in total. The normalized spacial score (nSPS) is 15.4. The molecule has 0 saturated carbocycles. The van der Waals surface area contributed by atoms with E-state index in [0.29, 0.717) is 0 Å². The number of hydrogen-bond donors (Lipinski definition) is 1. The molecule has 3 heteroatoms. The van der Waals surface area contributed by atoms with Crippen molar-refractivity contribution in [3.05, 3.63) is 64.2 Å². The van der Waals surface area contributed by atoms with Gasteiger partial charge in [0.1, 0.15) is 5.75 Å². The fourth-order valence-electron chi connectivity index (χ4n) is 3.32. The number of nitrogens with one attached hydrogen (secondary N) is 1. The first-order valence-corrected chi connectivity index (χ1v) is 9.10. The quantitative estimate of drug-likeness (QED) is 0.876. The third kappa shape index (κ3) is 4.04. The highest BCUT2D eigenvalue weighted by molar-refractivity contribution is 5.81. The molecule has 2 aromatic rings. The first kappa shape index (κ1) is 17.5. The summed E-state index contributed by atoms with van der Waals surface area (Å²) in [6.07, 6.45) is 3.03. The highest BCUT2D eigenvalue weighted by Crippen LogP contribution is 2.25. The van der Waals surface area contributed by atoms with Crippen LogP contribution in [0.15, 0.2) is 36.4 Å². The average molecular weight is 337 g/mol. The van der Waals surface area contributed by atoms with Gasteiger partial charge >= 0.3 is 0 Å². The zero-order valence-corrected chi connectivity index (χ0v) is 15.6. The maximum absolute atomic E-state index is 12.5. The smallest absolute Gasteiger partial charge is 0.261 e. The van der Waals surface area contributed by atoms with Crippen LogP contribution < -0.4 is 10.1 Å². The Hall–Kier alpha value is -2.29. The van der Waals surface area contributed by atoms with Gasteiger partial charge in [-0.25, -0.2) is 0 Å². The number of fused-ring (bicyclic) bond motifs is 1. The number of benzene rings is 2. The van der Waals surface area contributed by atoms with Crippen LogP contribution in [0.1, 0.15) is 54.1 Å². The first-order chi connectivity index (χ1) is 11.9. The maximum Gasteiger partial charge on any atom is 0.261 e. The lowest BCUT2D eigenvalue weighted by Crippen LogP contribution is -2.37. The summed E-state index contributed by atoms with van der Waals surface area (Å²) in [6, 6.07) is 12.5. The highest BCUT2D eigenvalue weighted by Gasteiger charge is 2.19. The van der Waals surface area contributed by atoms with Crippen molar-refractivity contribution in [2.24, 2.45) is 0 Å². The van der Waals surface area contributed by atoms with Crippen LogP contribution in [0.3, 0.4) is 0 Å². The van der Waals surface area contributed by atoms with E-state index in [4.69, 9.17) is 4.74 Å². The second kappa shape index (κ2) is 7.30. The van der Waals surface area contributed by atoms with Gasteiger partial charge in [-0.2, -0.15) is 0 Å². The molecule has 0 spiro atoms. The first-order valence-electron chi connectivity index (χ1n) is 9.10. The monoisotopic (exact) mass is 337 g/mol. The molecule has 0 unspecified atom stereocenters. The third-order valence-corrected chi connectivity index (χ3v) is 5.14. The largest absolute Gasteiger partial charge is 0.481 e. The minimum atomic E-state index is -0.529. The lowest BCUT2D eigenvalue weighted by Gasteiger charge is -2.20. The van der Waals surface area contributed by atoms with E-state index in [0.717, 1.165) is 23.3 Å². The Bertz CT molecular complexity index is 782. The molecule has 0 aliphatic heterocycles. The van der Waals surface area contributed by atoms with Crippen LogP contribution in [0.4, 0.5) is 0 Å². The van der Waals surface area contributed by atoms with E-state index in [9.17, 15) is 4.79 Å². The molecule has 0 bridgehead atoms. The fourth-order valence-corrected chi connectivity index (χ4v) is 3.32. The maximum atomic E-state index is 12.5. The van der Waals surface area contributed by atoms with Gasteiger partial charge in [0.25, 0.3) is 5.91 Å². The van der Waals surface area contributed by atoms with Crippen LogP contribution >= 0.6 is 0 Å². The minimum absolute atomic E-state index is 0.0239. The van der Waals surface area contributed by atoms with E-state index in [2.05, 4.69) is 30.4 Å². The van der Waals surface area contributed by atoms with E-state index in [1.54, 1.807) is 6.92 Å². The van der Waals surface area contributed by atoms with Gasteiger partial charge in [-0.3, -0.25) is 4.79 Å². The molecule has 2 atom stereocenters. The summed E-state index contributed by atoms with van der Waals surface area (Å²) in [4.78, 5) is 12.5. The van der Waals surface area contributed by atoms with Gasteiger partial charge in [-0.15, -0.1) is 0 Å². The van der Waals surface area contributed by atoms with Crippen LogP contribution in [0, 0.1) is 13.8 Å². The summed E-state index contributed by atoms with van der Waals surface area (Å²) in [7, 11) is 0. The van der Waals surface area contributed by atoms with E-state index in [1.165, 1.54) is 29.5 Å². The number of carbonyl (C=O) groups is 1. The number of aryl methyl sites for hydroxylation is 4. The molecule has 1 aliphatic carbocycles. The SMILES string of the molecule is Cc1ccc(O[C@@H](C)C(=O)N[C@@H](C)c2ccc3c(c2)CCC3)cc1C. The van der Waals surface area contributed by atoms with Crippen molar-refractivity contribution >= 4 is 5.91 Å². The Balaban J connectivity index is 1.61. The lowest BCUT2D eigenvalue weighted by atomic mass is 10.0. The van der Waals surface area contributed by atoms with Gasteiger partial charge in [-0.05, 0) is 86.9 Å². The Morgan fingerprint density at radius 2 is 1.76 bits per heavy atom. The number of rotatable bonds is 5. The van der Waals surface area contributed by atoms with Gasteiger partial charge in [0, 0.05) is 0 Å². The highest BCUT2D eigenvalue weighted by atomic mass is 16.5. The average Bonchev–Trinajstić information content (AvgIpc) is 3.05. The lowest BCUT2D eigenvalue weighted by molar-refractivity contribution is -0.127. The molecular weight excluding hydrogens is 310 g/mol. The molecule has 0 heterocycles. The molecule has 3 rings (SSSR count). The minimum Gasteiger partial charge on any atom is -0.481 e. The molecular formula is C22H27NO2.